The van der Waals surface area contributed by atoms with Crippen molar-refractivity contribution in [3.63, 3.8) is 0 Å². The molecule has 0 aromatic heterocycles. The molecule has 172 valence electrons. The molecule has 0 spiro atoms. The SMILES string of the molecule is CCCCN(CCCC)CCCNCc1ccc(OCCc2ccccc2)c(OC)c1. The first-order valence-corrected chi connectivity index (χ1v) is 12.0. The summed E-state index contributed by atoms with van der Waals surface area (Å²) in [5.41, 5.74) is 2.51. The molecule has 0 unspecified atom stereocenters. The Labute approximate surface area is 189 Å². The zero-order chi connectivity index (χ0) is 22.2. The number of unbranched alkanes of at least 4 members (excludes halogenated alkanes) is 2. The summed E-state index contributed by atoms with van der Waals surface area (Å²) in [5.74, 6) is 1.61. The molecule has 0 fully saturated rings. The van der Waals surface area contributed by atoms with Gasteiger partial charge in [0.05, 0.1) is 13.7 Å². The van der Waals surface area contributed by atoms with Gasteiger partial charge in [0.1, 0.15) is 0 Å². The fourth-order valence-electron chi connectivity index (χ4n) is 3.62. The van der Waals surface area contributed by atoms with E-state index < -0.39 is 0 Å². The quantitative estimate of drug-likeness (QED) is 0.329. The van der Waals surface area contributed by atoms with Crippen LogP contribution in [0.4, 0.5) is 0 Å². The standard InChI is InChI=1S/C27H42N2O2/c1-4-6-18-29(19-7-5-2)20-11-17-28-23-25-14-15-26(27(22-25)30-3)31-21-16-24-12-9-8-10-13-24/h8-10,12-15,22,28H,4-7,11,16-21,23H2,1-3H3. The van der Waals surface area contributed by atoms with E-state index in [1.807, 2.05) is 12.1 Å². The molecule has 0 heterocycles. The third-order valence-electron chi connectivity index (χ3n) is 5.53. The highest BCUT2D eigenvalue weighted by Crippen LogP contribution is 2.28. The molecule has 2 aromatic rings. The number of methoxy groups -OCH3 is 1. The molecule has 0 bridgehead atoms. The van der Waals surface area contributed by atoms with E-state index in [4.69, 9.17) is 9.47 Å². The van der Waals surface area contributed by atoms with Gasteiger partial charge in [-0.3, -0.25) is 0 Å². The molecular weight excluding hydrogens is 384 g/mol. The molecule has 31 heavy (non-hydrogen) atoms. The van der Waals surface area contributed by atoms with Crippen LogP contribution in [-0.2, 0) is 13.0 Å². The van der Waals surface area contributed by atoms with Crippen molar-refractivity contribution in [1.29, 1.82) is 0 Å². The highest BCUT2D eigenvalue weighted by Gasteiger charge is 2.07. The van der Waals surface area contributed by atoms with E-state index in [-0.39, 0.29) is 0 Å². The molecule has 0 amide bonds. The molecule has 2 rings (SSSR count). The van der Waals surface area contributed by atoms with Crippen LogP contribution >= 0.6 is 0 Å². The van der Waals surface area contributed by atoms with E-state index >= 15 is 0 Å². The molecule has 0 atom stereocenters. The van der Waals surface area contributed by atoms with Crippen molar-refractivity contribution >= 4 is 0 Å². The average Bonchev–Trinajstić information content (AvgIpc) is 2.81. The molecule has 0 aliphatic carbocycles. The van der Waals surface area contributed by atoms with Crippen molar-refractivity contribution < 1.29 is 9.47 Å². The second kappa shape index (κ2) is 15.7. The number of hydrogen-bond donors (Lipinski definition) is 1. The molecule has 2 aromatic carbocycles. The number of nitrogens with zero attached hydrogens (tertiary/aromatic N) is 1. The maximum atomic E-state index is 5.97. The predicted octanol–water partition coefficient (Wildman–Crippen LogP) is 5.70. The highest BCUT2D eigenvalue weighted by atomic mass is 16.5. The van der Waals surface area contributed by atoms with Gasteiger partial charge in [0, 0.05) is 13.0 Å². The molecule has 4 nitrogen and oxygen atoms in total. The van der Waals surface area contributed by atoms with E-state index in [2.05, 4.69) is 60.5 Å². The highest BCUT2D eigenvalue weighted by molar-refractivity contribution is 5.43. The number of nitrogens with one attached hydrogen (secondary N) is 1. The van der Waals surface area contributed by atoms with Crippen molar-refractivity contribution in [2.75, 3.05) is 39.9 Å². The topological polar surface area (TPSA) is 33.7 Å². The lowest BCUT2D eigenvalue weighted by Crippen LogP contribution is -2.29. The fraction of sp³-hybridized carbons (Fsp3) is 0.556. The summed E-state index contributed by atoms with van der Waals surface area (Å²) in [6.45, 7) is 10.7. The van der Waals surface area contributed by atoms with E-state index in [0.717, 1.165) is 31.0 Å². The Morgan fingerprint density at radius 3 is 2.19 bits per heavy atom. The Balaban J connectivity index is 1.71. The van der Waals surface area contributed by atoms with Gasteiger partial charge in [-0.1, -0.05) is 63.1 Å². The van der Waals surface area contributed by atoms with E-state index in [1.54, 1.807) is 7.11 Å². The van der Waals surface area contributed by atoms with Gasteiger partial charge >= 0.3 is 0 Å². The largest absolute Gasteiger partial charge is 0.493 e. The van der Waals surface area contributed by atoms with Crippen LogP contribution in [0.2, 0.25) is 0 Å². The van der Waals surface area contributed by atoms with E-state index in [1.165, 1.54) is 62.9 Å². The molecule has 0 saturated carbocycles. The monoisotopic (exact) mass is 426 g/mol. The van der Waals surface area contributed by atoms with Crippen LogP contribution in [0.3, 0.4) is 0 Å². The Kier molecular flexibility index (Phi) is 12.8. The predicted molar refractivity (Wildman–Crippen MR) is 131 cm³/mol. The van der Waals surface area contributed by atoms with Gasteiger partial charge in [0.25, 0.3) is 0 Å². The summed E-state index contributed by atoms with van der Waals surface area (Å²) < 4.78 is 11.5. The first kappa shape index (κ1) is 25.2. The number of benzene rings is 2. The van der Waals surface area contributed by atoms with Crippen LogP contribution < -0.4 is 14.8 Å². The minimum absolute atomic E-state index is 0.643. The number of hydrogen-bond acceptors (Lipinski definition) is 4. The average molecular weight is 427 g/mol. The van der Waals surface area contributed by atoms with Gasteiger partial charge in [0.2, 0.25) is 0 Å². The maximum Gasteiger partial charge on any atom is 0.161 e. The number of rotatable bonds is 17. The lowest BCUT2D eigenvalue weighted by molar-refractivity contribution is 0.261. The molecule has 0 aliphatic heterocycles. The lowest BCUT2D eigenvalue weighted by Gasteiger charge is -2.22. The summed E-state index contributed by atoms with van der Waals surface area (Å²) in [6, 6.07) is 16.6. The van der Waals surface area contributed by atoms with Crippen LogP contribution in [0.25, 0.3) is 0 Å². The zero-order valence-corrected chi connectivity index (χ0v) is 19.9. The number of ether oxygens (including phenoxy) is 2. The first-order chi connectivity index (χ1) is 15.3. The Hall–Kier alpha value is -2.04. The summed E-state index contributed by atoms with van der Waals surface area (Å²) in [7, 11) is 1.71. The lowest BCUT2D eigenvalue weighted by atomic mass is 10.1. The molecule has 0 radical (unpaired) electrons. The normalized spacial score (nSPS) is 11.1. The van der Waals surface area contributed by atoms with Crippen LogP contribution in [0, 0.1) is 0 Å². The summed E-state index contributed by atoms with van der Waals surface area (Å²) in [6.07, 6.45) is 7.23. The summed E-state index contributed by atoms with van der Waals surface area (Å²) >= 11 is 0. The third-order valence-corrected chi connectivity index (χ3v) is 5.53. The van der Waals surface area contributed by atoms with Crippen molar-refractivity contribution in [3.05, 3.63) is 59.7 Å². The molecule has 0 saturated heterocycles. The van der Waals surface area contributed by atoms with Gasteiger partial charge in [-0.25, -0.2) is 0 Å². The second-order valence-electron chi connectivity index (χ2n) is 8.15. The van der Waals surface area contributed by atoms with Gasteiger partial charge in [0.15, 0.2) is 11.5 Å². The fourth-order valence-corrected chi connectivity index (χ4v) is 3.62. The Morgan fingerprint density at radius 1 is 0.806 bits per heavy atom. The van der Waals surface area contributed by atoms with Crippen molar-refractivity contribution in [1.82, 2.24) is 10.2 Å². The molecule has 4 heteroatoms. The molecule has 0 aliphatic rings. The van der Waals surface area contributed by atoms with Crippen LogP contribution in [0.1, 0.15) is 57.1 Å². The Morgan fingerprint density at radius 2 is 1.52 bits per heavy atom. The second-order valence-corrected chi connectivity index (χ2v) is 8.15. The van der Waals surface area contributed by atoms with Gasteiger partial charge in [-0.2, -0.15) is 0 Å². The van der Waals surface area contributed by atoms with E-state index in [0.29, 0.717) is 6.61 Å². The Bertz CT molecular complexity index is 698. The van der Waals surface area contributed by atoms with Gasteiger partial charge in [-0.05, 0) is 68.7 Å². The summed E-state index contributed by atoms with van der Waals surface area (Å²) in [4.78, 5) is 2.62. The van der Waals surface area contributed by atoms with Crippen LogP contribution in [0.5, 0.6) is 11.5 Å². The van der Waals surface area contributed by atoms with Crippen molar-refractivity contribution in [2.45, 2.75) is 58.9 Å². The zero-order valence-electron chi connectivity index (χ0n) is 19.9. The minimum Gasteiger partial charge on any atom is -0.493 e. The molecule has 1 N–H and O–H groups in total. The van der Waals surface area contributed by atoms with Gasteiger partial charge in [-0.15, -0.1) is 0 Å². The van der Waals surface area contributed by atoms with Gasteiger partial charge < -0.3 is 19.7 Å². The maximum absolute atomic E-state index is 5.97. The van der Waals surface area contributed by atoms with E-state index in [9.17, 15) is 0 Å². The van der Waals surface area contributed by atoms with Crippen molar-refractivity contribution in [2.24, 2.45) is 0 Å². The van der Waals surface area contributed by atoms with Crippen molar-refractivity contribution in [3.8, 4) is 11.5 Å². The minimum atomic E-state index is 0.643. The smallest absolute Gasteiger partial charge is 0.161 e. The summed E-state index contributed by atoms with van der Waals surface area (Å²) in [5, 5.41) is 3.58. The van der Waals surface area contributed by atoms with Crippen LogP contribution in [-0.4, -0.2) is 44.8 Å². The first-order valence-electron chi connectivity index (χ1n) is 12.0. The van der Waals surface area contributed by atoms with Crippen LogP contribution in [0.15, 0.2) is 48.5 Å². The molecular formula is C27H42N2O2. The third kappa shape index (κ3) is 10.2.